The molecule has 1 unspecified atom stereocenters. The van der Waals surface area contributed by atoms with Gasteiger partial charge in [-0.05, 0) is 21.0 Å². The van der Waals surface area contributed by atoms with Crippen molar-refractivity contribution in [3.05, 3.63) is 0 Å². The molecule has 5 heteroatoms. The number of amides is 1. The molecule has 0 bridgehead atoms. The zero-order valence-corrected chi connectivity index (χ0v) is 8.20. The van der Waals surface area contributed by atoms with Gasteiger partial charge < -0.3 is 15.3 Å². The second-order valence-corrected chi connectivity index (χ2v) is 3.30. The van der Waals surface area contributed by atoms with Crippen LogP contribution in [0.3, 0.4) is 0 Å². The largest absolute Gasteiger partial charge is 0.481 e. The first kappa shape index (κ1) is 11.9. The zero-order valence-electron chi connectivity index (χ0n) is 8.20. The molecule has 0 aromatic carbocycles. The minimum Gasteiger partial charge on any atom is -0.481 e. The average molecular weight is 188 g/mol. The van der Waals surface area contributed by atoms with E-state index in [1.54, 1.807) is 0 Å². The first-order valence-electron chi connectivity index (χ1n) is 4.07. The van der Waals surface area contributed by atoms with Gasteiger partial charge in [-0.25, -0.2) is 0 Å². The van der Waals surface area contributed by atoms with Gasteiger partial charge in [0.2, 0.25) is 5.91 Å². The summed E-state index contributed by atoms with van der Waals surface area (Å²) in [6, 6.07) is -0.0261. The first-order valence-corrected chi connectivity index (χ1v) is 4.07. The summed E-state index contributed by atoms with van der Waals surface area (Å²) in [7, 11) is 3.78. The van der Waals surface area contributed by atoms with Gasteiger partial charge in [0.1, 0.15) is 6.42 Å². The number of nitrogens with one attached hydrogen (secondary N) is 1. The van der Waals surface area contributed by atoms with Gasteiger partial charge in [0.05, 0.1) is 0 Å². The maximum absolute atomic E-state index is 10.9. The lowest BCUT2D eigenvalue weighted by Gasteiger charge is -2.17. The third kappa shape index (κ3) is 7.27. The Bertz CT molecular complexity index is 192. The summed E-state index contributed by atoms with van der Waals surface area (Å²) in [5.74, 6) is -1.54. The van der Waals surface area contributed by atoms with Crippen molar-refractivity contribution in [3.8, 4) is 0 Å². The molecule has 0 rings (SSSR count). The van der Waals surface area contributed by atoms with Crippen LogP contribution in [0.2, 0.25) is 0 Å². The smallest absolute Gasteiger partial charge is 0.312 e. The third-order valence-electron chi connectivity index (χ3n) is 1.36. The normalized spacial score (nSPS) is 12.6. The monoisotopic (exact) mass is 188 g/mol. The molecule has 0 saturated carbocycles. The lowest BCUT2D eigenvalue weighted by atomic mass is 10.3. The summed E-state index contributed by atoms with van der Waals surface area (Å²) in [6.07, 6.45) is -0.461. The van der Waals surface area contributed by atoms with E-state index in [1.165, 1.54) is 0 Å². The Hall–Kier alpha value is -1.10. The van der Waals surface area contributed by atoms with E-state index in [-0.39, 0.29) is 6.04 Å². The van der Waals surface area contributed by atoms with Crippen LogP contribution in [0.5, 0.6) is 0 Å². The second kappa shape index (κ2) is 5.53. The Labute approximate surface area is 77.7 Å². The first-order chi connectivity index (χ1) is 5.91. The highest BCUT2D eigenvalue weighted by Crippen LogP contribution is 1.87. The van der Waals surface area contributed by atoms with E-state index in [1.807, 2.05) is 25.9 Å². The van der Waals surface area contributed by atoms with Gasteiger partial charge in [-0.1, -0.05) is 0 Å². The molecule has 0 aliphatic heterocycles. The minimum atomic E-state index is -1.10. The number of carbonyl (C=O) groups excluding carboxylic acids is 1. The molecule has 0 fully saturated rings. The third-order valence-corrected chi connectivity index (χ3v) is 1.36. The van der Waals surface area contributed by atoms with Crippen molar-refractivity contribution in [2.45, 2.75) is 19.4 Å². The number of nitrogens with zero attached hydrogens (tertiary/aromatic N) is 1. The molecule has 2 N–H and O–H groups in total. The summed E-state index contributed by atoms with van der Waals surface area (Å²) >= 11 is 0. The Kier molecular flexibility index (Phi) is 5.06. The van der Waals surface area contributed by atoms with E-state index in [0.29, 0.717) is 6.54 Å². The van der Waals surface area contributed by atoms with Crippen LogP contribution in [0.4, 0.5) is 0 Å². The molecule has 0 radical (unpaired) electrons. The summed E-state index contributed by atoms with van der Waals surface area (Å²) in [4.78, 5) is 23.0. The van der Waals surface area contributed by atoms with Crippen LogP contribution in [0.15, 0.2) is 0 Å². The zero-order chi connectivity index (χ0) is 10.4. The number of likely N-dealkylation sites (N-methyl/N-ethyl adjacent to an activating group) is 1. The summed E-state index contributed by atoms with van der Waals surface area (Å²) in [6.45, 7) is 2.53. The lowest BCUT2D eigenvalue weighted by Crippen LogP contribution is -2.40. The average Bonchev–Trinajstić information content (AvgIpc) is 1.80. The van der Waals surface area contributed by atoms with Crippen LogP contribution in [-0.4, -0.2) is 48.6 Å². The van der Waals surface area contributed by atoms with E-state index < -0.39 is 18.3 Å². The fraction of sp³-hybridized carbons (Fsp3) is 0.750. The molecule has 1 atom stereocenters. The van der Waals surface area contributed by atoms with Crippen LogP contribution in [0.1, 0.15) is 13.3 Å². The highest BCUT2D eigenvalue weighted by molar-refractivity contribution is 5.93. The minimum absolute atomic E-state index is 0.0261. The number of hydrogen-bond donors (Lipinski definition) is 2. The van der Waals surface area contributed by atoms with Crippen LogP contribution >= 0.6 is 0 Å². The number of hydrogen-bond acceptors (Lipinski definition) is 3. The van der Waals surface area contributed by atoms with Crippen molar-refractivity contribution >= 4 is 11.9 Å². The Morgan fingerprint density at radius 2 is 2.00 bits per heavy atom. The standard InChI is InChI=1S/C8H16N2O3/c1-6(5-10(2)3)9-7(11)4-8(12)13/h6H,4-5H2,1-3H3,(H,9,11)(H,12,13). The highest BCUT2D eigenvalue weighted by Gasteiger charge is 2.10. The van der Waals surface area contributed by atoms with Crippen molar-refractivity contribution in [1.82, 2.24) is 10.2 Å². The summed E-state index contributed by atoms with van der Waals surface area (Å²) < 4.78 is 0. The number of aliphatic carboxylic acids is 1. The fourth-order valence-corrected chi connectivity index (χ4v) is 1.06. The number of carboxylic acids is 1. The molecular weight excluding hydrogens is 172 g/mol. The Morgan fingerprint density at radius 1 is 1.46 bits per heavy atom. The molecule has 0 aliphatic carbocycles. The van der Waals surface area contributed by atoms with E-state index in [0.717, 1.165) is 0 Å². The molecule has 13 heavy (non-hydrogen) atoms. The van der Waals surface area contributed by atoms with Crippen LogP contribution < -0.4 is 5.32 Å². The molecule has 0 spiro atoms. The summed E-state index contributed by atoms with van der Waals surface area (Å²) in [5.41, 5.74) is 0. The maximum Gasteiger partial charge on any atom is 0.312 e. The predicted octanol–water partition coefficient (Wildman–Crippen LogP) is -0.473. The van der Waals surface area contributed by atoms with Crippen molar-refractivity contribution in [1.29, 1.82) is 0 Å². The SMILES string of the molecule is CC(CN(C)C)NC(=O)CC(=O)O. The number of rotatable bonds is 5. The molecule has 0 aromatic rings. The molecule has 0 heterocycles. The molecule has 0 aliphatic rings. The second-order valence-electron chi connectivity index (χ2n) is 3.30. The van der Waals surface area contributed by atoms with Crippen LogP contribution in [-0.2, 0) is 9.59 Å². The Balaban J connectivity index is 3.71. The Morgan fingerprint density at radius 3 is 2.38 bits per heavy atom. The van der Waals surface area contributed by atoms with Gasteiger partial charge in [-0.15, -0.1) is 0 Å². The molecule has 0 aromatic heterocycles. The van der Waals surface area contributed by atoms with Crippen molar-refractivity contribution in [2.75, 3.05) is 20.6 Å². The van der Waals surface area contributed by atoms with E-state index in [2.05, 4.69) is 5.32 Å². The molecule has 0 saturated heterocycles. The van der Waals surface area contributed by atoms with Crippen molar-refractivity contribution < 1.29 is 14.7 Å². The van der Waals surface area contributed by atoms with Gasteiger partial charge in [0, 0.05) is 12.6 Å². The van der Waals surface area contributed by atoms with E-state index in [4.69, 9.17) is 5.11 Å². The summed E-state index contributed by atoms with van der Waals surface area (Å²) in [5, 5.41) is 10.9. The fourth-order valence-electron chi connectivity index (χ4n) is 1.06. The maximum atomic E-state index is 10.9. The van der Waals surface area contributed by atoms with Gasteiger partial charge in [-0.2, -0.15) is 0 Å². The highest BCUT2D eigenvalue weighted by atomic mass is 16.4. The van der Waals surface area contributed by atoms with Crippen molar-refractivity contribution in [3.63, 3.8) is 0 Å². The number of carbonyl (C=O) groups is 2. The van der Waals surface area contributed by atoms with Gasteiger partial charge in [0.15, 0.2) is 0 Å². The van der Waals surface area contributed by atoms with E-state index >= 15 is 0 Å². The molecule has 76 valence electrons. The van der Waals surface area contributed by atoms with Gasteiger partial charge in [0.25, 0.3) is 0 Å². The van der Waals surface area contributed by atoms with Crippen LogP contribution in [0.25, 0.3) is 0 Å². The van der Waals surface area contributed by atoms with E-state index in [9.17, 15) is 9.59 Å². The number of carboxylic acid groups (broad SMARTS) is 1. The molecular formula is C8H16N2O3. The molecule has 5 nitrogen and oxygen atoms in total. The van der Waals surface area contributed by atoms with Gasteiger partial charge in [-0.3, -0.25) is 9.59 Å². The lowest BCUT2D eigenvalue weighted by molar-refractivity contribution is -0.140. The van der Waals surface area contributed by atoms with Crippen molar-refractivity contribution in [2.24, 2.45) is 0 Å². The quantitative estimate of drug-likeness (QED) is 0.572. The van der Waals surface area contributed by atoms with Gasteiger partial charge >= 0.3 is 5.97 Å². The van der Waals surface area contributed by atoms with Crippen LogP contribution in [0, 0.1) is 0 Å². The molecule has 1 amide bonds. The predicted molar refractivity (Wildman–Crippen MR) is 48.4 cm³/mol. The topological polar surface area (TPSA) is 69.6 Å².